The lowest BCUT2D eigenvalue weighted by molar-refractivity contribution is -0.116. The van der Waals surface area contributed by atoms with E-state index < -0.39 is 0 Å². The van der Waals surface area contributed by atoms with Crippen molar-refractivity contribution in [1.29, 1.82) is 0 Å². The highest BCUT2D eigenvalue weighted by atomic mass is 16.3. The van der Waals surface area contributed by atoms with E-state index >= 15 is 0 Å². The Morgan fingerprint density at radius 3 is 2.44 bits per heavy atom. The third-order valence-corrected chi connectivity index (χ3v) is 2.42. The van der Waals surface area contributed by atoms with Crippen LogP contribution in [0.15, 0.2) is 40.8 Å². The van der Waals surface area contributed by atoms with E-state index in [1.54, 1.807) is 6.92 Å². The van der Waals surface area contributed by atoms with Crippen LogP contribution in [0, 0.1) is 6.92 Å². The zero-order chi connectivity index (χ0) is 11.5. The number of carbonyl (C=O) groups excluding carboxylic acids is 1. The maximum atomic E-state index is 10.9. The van der Waals surface area contributed by atoms with Gasteiger partial charge < -0.3 is 4.42 Å². The Labute approximate surface area is 94.9 Å². The summed E-state index contributed by atoms with van der Waals surface area (Å²) in [7, 11) is 0. The first kappa shape index (κ1) is 10.7. The molecule has 2 aromatic rings. The SMILES string of the molecule is CC(=O)Cc1ccc(-c2ccc(C)cc2)o1. The van der Waals surface area contributed by atoms with Crippen LogP contribution >= 0.6 is 0 Å². The average Bonchev–Trinajstić information content (AvgIpc) is 2.66. The zero-order valence-electron chi connectivity index (χ0n) is 9.49. The Hall–Kier alpha value is -1.83. The molecule has 1 heterocycles. The Bertz CT molecular complexity index is 492. The van der Waals surface area contributed by atoms with Crippen molar-refractivity contribution in [1.82, 2.24) is 0 Å². The number of rotatable bonds is 3. The molecule has 0 unspecified atom stereocenters. The summed E-state index contributed by atoms with van der Waals surface area (Å²) < 4.78 is 5.60. The van der Waals surface area contributed by atoms with Gasteiger partial charge in [0.2, 0.25) is 0 Å². The Morgan fingerprint density at radius 2 is 1.81 bits per heavy atom. The first-order valence-corrected chi connectivity index (χ1v) is 5.30. The first-order chi connectivity index (χ1) is 7.65. The Kier molecular flexibility index (Phi) is 2.91. The molecule has 2 rings (SSSR count). The van der Waals surface area contributed by atoms with Crippen molar-refractivity contribution in [3.8, 4) is 11.3 Å². The molecule has 0 radical (unpaired) electrons. The van der Waals surface area contributed by atoms with Gasteiger partial charge in [0, 0.05) is 5.56 Å². The highest BCUT2D eigenvalue weighted by molar-refractivity contribution is 5.77. The van der Waals surface area contributed by atoms with E-state index in [0.29, 0.717) is 6.42 Å². The second-order valence-electron chi connectivity index (χ2n) is 4.01. The number of benzene rings is 1. The highest BCUT2D eigenvalue weighted by Crippen LogP contribution is 2.22. The maximum absolute atomic E-state index is 10.9. The van der Waals surface area contributed by atoms with Gasteiger partial charge in [-0.25, -0.2) is 0 Å². The third kappa shape index (κ3) is 2.40. The van der Waals surface area contributed by atoms with Crippen molar-refractivity contribution in [3.63, 3.8) is 0 Å². The lowest BCUT2D eigenvalue weighted by Crippen LogP contribution is -1.93. The fourth-order valence-corrected chi connectivity index (χ4v) is 1.59. The van der Waals surface area contributed by atoms with Gasteiger partial charge in [0.1, 0.15) is 17.3 Å². The van der Waals surface area contributed by atoms with E-state index in [1.165, 1.54) is 5.56 Å². The summed E-state index contributed by atoms with van der Waals surface area (Å²) in [4.78, 5) is 10.9. The molecule has 0 aliphatic carbocycles. The van der Waals surface area contributed by atoms with Crippen LogP contribution in [0.25, 0.3) is 11.3 Å². The molecular weight excluding hydrogens is 200 g/mol. The minimum absolute atomic E-state index is 0.116. The fourth-order valence-electron chi connectivity index (χ4n) is 1.59. The molecule has 1 aromatic heterocycles. The van der Waals surface area contributed by atoms with Crippen molar-refractivity contribution in [2.45, 2.75) is 20.3 Å². The van der Waals surface area contributed by atoms with Crippen LogP contribution in [0.3, 0.4) is 0 Å². The third-order valence-electron chi connectivity index (χ3n) is 2.42. The van der Waals surface area contributed by atoms with E-state index in [1.807, 2.05) is 43.3 Å². The molecule has 2 nitrogen and oxygen atoms in total. The molecule has 0 spiro atoms. The smallest absolute Gasteiger partial charge is 0.137 e. The van der Waals surface area contributed by atoms with Gasteiger partial charge >= 0.3 is 0 Å². The highest BCUT2D eigenvalue weighted by Gasteiger charge is 2.06. The molecule has 0 N–H and O–H groups in total. The zero-order valence-corrected chi connectivity index (χ0v) is 9.49. The molecule has 16 heavy (non-hydrogen) atoms. The predicted molar refractivity (Wildman–Crippen MR) is 63.3 cm³/mol. The summed E-state index contributed by atoms with van der Waals surface area (Å²) in [5.41, 5.74) is 2.26. The van der Waals surface area contributed by atoms with Crippen LogP contribution in [0.5, 0.6) is 0 Å². The fraction of sp³-hybridized carbons (Fsp3) is 0.214. The summed E-state index contributed by atoms with van der Waals surface area (Å²) >= 11 is 0. The van der Waals surface area contributed by atoms with Gasteiger partial charge in [0.05, 0.1) is 6.42 Å². The van der Waals surface area contributed by atoms with Crippen LogP contribution in [0.1, 0.15) is 18.2 Å². The summed E-state index contributed by atoms with van der Waals surface area (Å²) in [6.07, 6.45) is 0.367. The van der Waals surface area contributed by atoms with Crippen LogP contribution < -0.4 is 0 Å². The van der Waals surface area contributed by atoms with Crippen molar-refractivity contribution >= 4 is 5.78 Å². The lowest BCUT2D eigenvalue weighted by Gasteiger charge is -1.97. The van der Waals surface area contributed by atoms with Crippen molar-refractivity contribution in [2.75, 3.05) is 0 Å². The summed E-state index contributed by atoms with van der Waals surface area (Å²) in [6, 6.07) is 11.9. The number of aryl methyl sites for hydroxylation is 1. The Morgan fingerprint density at radius 1 is 1.12 bits per heavy atom. The quantitative estimate of drug-likeness (QED) is 0.784. The van der Waals surface area contributed by atoms with E-state index in [-0.39, 0.29) is 5.78 Å². The second kappa shape index (κ2) is 4.35. The summed E-state index contributed by atoms with van der Waals surface area (Å²) in [5, 5.41) is 0. The minimum atomic E-state index is 0.116. The maximum Gasteiger partial charge on any atom is 0.137 e. The predicted octanol–water partition coefficient (Wildman–Crippen LogP) is 3.39. The normalized spacial score (nSPS) is 10.4. The molecule has 0 saturated carbocycles. The molecule has 0 aliphatic rings. The number of carbonyl (C=O) groups is 1. The van der Waals surface area contributed by atoms with Gasteiger partial charge in [-0.15, -0.1) is 0 Å². The molecule has 82 valence electrons. The second-order valence-corrected chi connectivity index (χ2v) is 4.01. The van der Waals surface area contributed by atoms with Crippen molar-refractivity contribution in [2.24, 2.45) is 0 Å². The van der Waals surface area contributed by atoms with Gasteiger partial charge in [-0.3, -0.25) is 4.79 Å². The topological polar surface area (TPSA) is 30.2 Å². The molecule has 0 aliphatic heterocycles. The number of Topliss-reactive ketones (excluding diaryl/α,β-unsaturated/α-hetero) is 1. The van der Waals surface area contributed by atoms with Crippen LogP contribution in [0.4, 0.5) is 0 Å². The molecule has 1 aromatic carbocycles. The number of ketones is 1. The average molecular weight is 214 g/mol. The standard InChI is InChI=1S/C14H14O2/c1-10-3-5-12(6-4-10)14-8-7-13(16-14)9-11(2)15/h3-8H,9H2,1-2H3. The van der Waals surface area contributed by atoms with Crippen molar-refractivity contribution in [3.05, 3.63) is 47.7 Å². The monoisotopic (exact) mass is 214 g/mol. The van der Waals surface area contributed by atoms with Crippen LogP contribution in [-0.2, 0) is 11.2 Å². The molecule has 0 amide bonds. The van der Waals surface area contributed by atoms with Gasteiger partial charge in [0.15, 0.2) is 0 Å². The first-order valence-electron chi connectivity index (χ1n) is 5.30. The summed E-state index contributed by atoms with van der Waals surface area (Å²) in [6.45, 7) is 3.61. The largest absolute Gasteiger partial charge is 0.461 e. The van der Waals surface area contributed by atoms with E-state index in [2.05, 4.69) is 0 Å². The van der Waals surface area contributed by atoms with Gasteiger partial charge in [0.25, 0.3) is 0 Å². The van der Waals surface area contributed by atoms with Crippen molar-refractivity contribution < 1.29 is 9.21 Å². The number of hydrogen-bond donors (Lipinski definition) is 0. The Balaban J connectivity index is 2.24. The van der Waals surface area contributed by atoms with Gasteiger partial charge in [-0.1, -0.05) is 29.8 Å². The number of furan rings is 1. The molecule has 0 saturated heterocycles. The van der Waals surface area contributed by atoms with E-state index in [4.69, 9.17) is 4.42 Å². The minimum Gasteiger partial charge on any atom is -0.461 e. The van der Waals surface area contributed by atoms with Crippen LogP contribution in [-0.4, -0.2) is 5.78 Å². The van der Waals surface area contributed by atoms with E-state index in [0.717, 1.165) is 17.1 Å². The molecule has 2 heteroatoms. The molecule has 0 bridgehead atoms. The summed E-state index contributed by atoms with van der Waals surface area (Å²) in [5.74, 6) is 1.66. The molecule has 0 atom stereocenters. The molecular formula is C14H14O2. The molecule has 0 fully saturated rings. The number of hydrogen-bond acceptors (Lipinski definition) is 2. The van der Waals surface area contributed by atoms with E-state index in [9.17, 15) is 4.79 Å². The lowest BCUT2D eigenvalue weighted by atomic mass is 10.1. The van der Waals surface area contributed by atoms with Crippen LogP contribution in [0.2, 0.25) is 0 Å². The van der Waals surface area contributed by atoms with Gasteiger partial charge in [-0.2, -0.15) is 0 Å². The van der Waals surface area contributed by atoms with Gasteiger partial charge in [-0.05, 0) is 26.0 Å².